The molecule has 0 radical (unpaired) electrons. The zero-order chi connectivity index (χ0) is 23.6. The highest BCUT2D eigenvalue weighted by atomic mass is 32.2. The van der Waals surface area contributed by atoms with Gasteiger partial charge < -0.3 is 23.8 Å². The SMILES string of the molecule is COc1cc(C)c(S(=O)(=O)N2CCN(c3cc(OC)c(OC)c(OC)c3)CC2)c(C)c1C. The Balaban J connectivity index is 1.86. The monoisotopic (exact) mass is 464 g/mol. The van der Waals surface area contributed by atoms with Gasteiger partial charge in [0.05, 0.1) is 33.3 Å². The second-order valence-electron chi connectivity index (χ2n) is 7.75. The van der Waals surface area contributed by atoms with Crippen molar-refractivity contribution in [2.24, 2.45) is 0 Å². The van der Waals surface area contributed by atoms with Crippen molar-refractivity contribution in [1.29, 1.82) is 0 Å². The second kappa shape index (κ2) is 9.46. The summed E-state index contributed by atoms with van der Waals surface area (Å²) in [7, 11) is 2.68. The first-order chi connectivity index (χ1) is 15.2. The third-order valence-electron chi connectivity index (χ3n) is 6.05. The summed E-state index contributed by atoms with van der Waals surface area (Å²) < 4.78 is 50.3. The minimum atomic E-state index is -3.63. The van der Waals surface area contributed by atoms with Crippen molar-refractivity contribution in [2.75, 3.05) is 59.5 Å². The van der Waals surface area contributed by atoms with E-state index in [0.29, 0.717) is 59.6 Å². The largest absolute Gasteiger partial charge is 0.496 e. The summed E-state index contributed by atoms with van der Waals surface area (Å²) >= 11 is 0. The third-order valence-corrected chi connectivity index (χ3v) is 8.24. The van der Waals surface area contributed by atoms with Gasteiger partial charge in [-0.05, 0) is 43.5 Å². The maximum atomic E-state index is 13.5. The number of rotatable bonds is 7. The smallest absolute Gasteiger partial charge is 0.243 e. The van der Waals surface area contributed by atoms with Crippen molar-refractivity contribution in [3.8, 4) is 23.0 Å². The fourth-order valence-electron chi connectivity index (χ4n) is 4.20. The highest BCUT2D eigenvalue weighted by Gasteiger charge is 2.32. The molecule has 0 aliphatic carbocycles. The van der Waals surface area contributed by atoms with Crippen molar-refractivity contribution < 1.29 is 27.4 Å². The summed E-state index contributed by atoms with van der Waals surface area (Å²) in [6.07, 6.45) is 0. The number of aryl methyl sites for hydroxylation is 1. The van der Waals surface area contributed by atoms with Crippen LogP contribution in [0.2, 0.25) is 0 Å². The molecule has 3 rings (SSSR count). The molecule has 9 heteroatoms. The summed E-state index contributed by atoms with van der Waals surface area (Å²) in [6, 6.07) is 5.56. The molecule has 0 atom stereocenters. The van der Waals surface area contributed by atoms with Gasteiger partial charge in [-0.1, -0.05) is 0 Å². The van der Waals surface area contributed by atoms with Gasteiger partial charge in [0.1, 0.15) is 5.75 Å². The molecule has 0 amide bonds. The lowest BCUT2D eigenvalue weighted by molar-refractivity contribution is 0.324. The van der Waals surface area contributed by atoms with Gasteiger partial charge in [0.2, 0.25) is 15.8 Å². The first-order valence-electron chi connectivity index (χ1n) is 10.4. The Kier molecular flexibility index (Phi) is 7.09. The Morgan fingerprint density at radius 1 is 0.719 bits per heavy atom. The Labute approximate surface area is 190 Å². The molecule has 1 fully saturated rings. The summed E-state index contributed by atoms with van der Waals surface area (Å²) in [4.78, 5) is 2.49. The molecule has 2 aromatic carbocycles. The van der Waals surface area contributed by atoms with Gasteiger partial charge in [-0.2, -0.15) is 4.31 Å². The maximum Gasteiger partial charge on any atom is 0.243 e. The summed E-state index contributed by atoms with van der Waals surface area (Å²) in [5, 5.41) is 0. The number of sulfonamides is 1. The molecular weight excluding hydrogens is 432 g/mol. The predicted molar refractivity (Wildman–Crippen MR) is 124 cm³/mol. The first-order valence-corrected chi connectivity index (χ1v) is 11.8. The minimum Gasteiger partial charge on any atom is -0.496 e. The molecule has 8 nitrogen and oxygen atoms in total. The van der Waals surface area contributed by atoms with Crippen molar-refractivity contribution >= 4 is 15.7 Å². The van der Waals surface area contributed by atoms with Gasteiger partial charge in [-0.15, -0.1) is 0 Å². The van der Waals surface area contributed by atoms with Crippen LogP contribution in [0, 0.1) is 20.8 Å². The van der Waals surface area contributed by atoms with Gasteiger partial charge in [-0.25, -0.2) is 8.42 Å². The fraction of sp³-hybridized carbons (Fsp3) is 0.478. The van der Waals surface area contributed by atoms with E-state index in [1.807, 2.05) is 32.9 Å². The molecule has 32 heavy (non-hydrogen) atoms. The Morgan fingerprint density at radius 3 is 1.72 bits per heavy atom. The highest BCUT2D eigenvalue weighted by Crippen LogP contribution is 2.41. The molecular formula is C23H32N2O6S. The molecule has 1 aliphatic rings. The molecule has 0 N–H and O–H groups in total. The van der Waals surface area contributed by atoms with E-state index >= 15 is 0 Å². The van der Waals surface area contributed by atoms with E-state index < -0.39 is 10.0 Å². The number of hydrogen-bond donors (Lipinski definition) is 0. The van der Waals surface area contributed by atoms with E-state index in [2.05, 4.69) is 4.90 Å². The zero-order valence-corrected chi connectivity index (χ0v) is 20.6. The van der Waals surface area contributed by atoms with Gasteiger partial charge in [0.25, 0.3) is 0 Å². The molecule has 1 aliphatic heterocycles. The Hall–Kier alpha value is -2.65. The lowest BCUT2D eigenvalue weighted by atomic mass is 10.1. The zero-order valence-electron chi connectivity index (χ0n) is 19.8. The van der Waals surface area contributed by atoms with Crippen molar-refractivity contribution in [2.45, 2.75) is 25.7 Å². The molecule has 0 aromatic heterocycles. The van der Waals surface area contributed by atoms with E-state index in [9.17, 15) is 8.42 Å². The van der Waals surface area contributed by atoms with Crippen LogP contribution in [0.4, 0.5) is 5.69 Å². The lowest BCUT2D eigenvalue weighted by Gasteiger charge is -2.36. The van der Waals surface area contributed by atoms with Crippen molar-refractivity contribution in [3.63, 3.8) is 0 Å². The van der Waals surface area contributed by atoms with Crippen LogP contribution in [0.3, 0.4) is 0 Å². The average Bonchev–Trinajstić information content (AvgIpc) is 2.80. The second-order valence-corrected chi connectivity index (χ2v) is 9.62. The van der Waals surface area contributed by atoms with E-state index in [4.69, 9.17) is 18.9 Å². The highest BCUT2D eigenvalue weighted by molar-refractivity contribution is 7.89. The Morgan fingerprint density at radius 2 is 1.25 bits per heavy atom. The molecule has 1 saturated heterocycles. The quantitative estimate of drug-likeness (QED) is 0.623. The summed E-state index contributed by atoms with van der Waals surface area (Å²) in [5.74, 6) is 2.36. The standard InChI is InChI=1S/C23H32N2O6S/c1-15-12-19(28-4)16(2)17(3)23(15)32(26,27)25-10-8-24(9-11-25)18-13-20(29-5)22(31-7)21(14-18)30-6/h12-14H,8-11H2,1-7H3. The molecule has 2 aromatic rings. The van der Waals surface area contributed by atoms with Gasteiger partial charge in [0.15, 0.2) is 11.5 Å². The van der Waals surface area contributed by atoms with Gasteiger partial charge >= 0.3 is 0 Å². The Bertz CT molecular complexity index is 1070. The fourth-order valence-corrected chi connectivity index (χ4v) is 6.10. The topological polar surface area (TPSA) is 77.5 Å². The number of ether oxygens (including phenoxy) is 4. The lowest BCUT2D eigenvalue weighted by Crippen LogP contribution is -2.49. The number of piperazine rings is 1. The molecule has 176 valence electrons. The van der Waals surface area contributed by atoms with E-state index in [1.165, 1.54) is 0 Å². The number of anilines is 1. The van der Waals surface area contributed by atoms with Crippen LogP contribution in [0.15, 0.2) is 23.1 Å². The number of hydrogen-bond acceptors (Lipinski definition) is 7. The van der Waals surface area contributed by atoms with Crippen LogP contribution in [-0.2, 0) is 10.0 Å². The van der Waals surface area contributed by atoms with E-state index in [0.717, 1.165) is 16.8 Å². The molecule has 0 bridgehead atoms. The summed E-state index contributed by atoms with van der Waals surface area (Å²) in [5.41, 5.74) is 3.16. The van der Waals surface area contributed by atoms with Gasteiger partial charge in [0, 0.05) is 44.0 Å². The number of benzene rings is 2. The van der Waals surface area contributed by atoms with Crippen molar-refractivity contribution in [1.82, 2.24) is 4.31 Å². The molecule has 1 heterocycles. The molecule has 0 saturated carbocycles. The average molecular weight is 465 g/mol. The maximum absolute atomic E-state index is 13.5. The first kappa shape index (κ1) is 24.0. The predicted octanol–water partition coefficient (Wildman–Crippen LogP) is 3.16. The van der Waals surface area contributed by atoms with Crippen LogP contribution >= 0.6 is 0 Å². The van der Waals surface area contributed by atoms with Crippen LogP contribution in [-0.4, -0.2) is 67.3 Å². The van der Waals surface area contributed by atoms with E-state index in [-0.39, 0.29) is 0 Å². The van der Waals surface area contributed by atoms with E-state index in [1.54, 1.807) is 38.8 Å². The van der Waals surface area contributed by atoms with Crippen LogP contribution in [0.1, 0.15) is 16.7 Å². The van der Waals surface area contributed by atoms with Crippen molar-refractivity contribution in [3.05, 3.63) is 34.9 Å². The van der Waals surface area contributed by atoms with Crippen LogP contribution in [0.25, 0.3) is 0 Å². The molecule has 0 unspecified atom stereocenters. The number of methoxy groups -OCH3 is 4. The third kappa shape index (κ3) is 4.19. The minimum absolute atomic E-state index is 0.372. The summed E-state index contributed by atoms with van der Waals surface area (Å²) in [6.45, 7) is 7.38. The van der Waals surface area contributed by atoms with Gasteiger partial charge in [-0.3, -0.25) is 0 Å². The normalized spacial score (nSPS) is 14.9. The number of nitrogens with zero attached hydrogens (tertiary/aromatic N) is 2. The van der Waals surface area contributed by atoms with Crippen LogP contribution in [0.5, 0.6) is 23.0 Å². The van der Waals surface area contributed by atoms with Crippen LogP contribution < -0.4 is 23.8 Å². The molecule has 0 spiro atoms.